The fourth-order valence-corrected chi connectivity index (χ4v) is 2.48. The van der Waals surface area contributed by atoms with Crippen LogP contribution >= 0.6 is 11.8 Å². The molecule has 0 aliphatic rings. The maximum absolute atomic E-state index is 12.2. The average molecular weight is 319 g/mol. The van der Waals surface area contributed by atoms with Gasteiger partial charge >= 0.3 is 5.51 Å². The summed E-state index contributed by atoms with van der Waals surface area (Å²) in [6.07, 6.45) is -0.0252. The van der Waals surface area contributed by atoms with Crippen molar-refractivity contribution in [1.29, 1.82) is 0 Å². The van der Waals surface area contributed by atoms with E-state index >= 15 is 0 Å². The molecule has 0 aliphatic heterocycles. The van der Waals surface area contributed by atoms with Crippen molar-refractivity contribution in [2.75, 3.05) is 11.5 Å². The molecule has 1 aromatic carbocycles. The van der Waals surface area contributed by atoms with Crippen LogP contribution in [0.25, 0.3) is 11.0 Å². The number of hydrogen-bond acceptors (Lipinski definition) is 4. The van der Waals surface area contributed by atoms with Crippen LogP contribution in [-0.2, 0) is 6.54 Å². The van der Waals surface area contributed by atoms with Crippen molar-refractivity contribution in [2.24, 2.45) is 0 Å². The van der Waals surface area contributed by atoms with Crippen LogP contribution in [0.15, 0.2) is 18.2 Å². The van der Waals surface area contributed by atoms with Gasteiger partial charge in [0.05, 0.1) is 11.6 Å². The zero-order valence-corrected chi connectivity index (χ0v) is 12.5. The number of nitrogen functional groups attached to an aromatic ring is 1. The van der Waals surface area contributed by atoms with E-state index in [2.05, 4.69) is 4.98 Å². The van der Waals surface area contributed by atoms with Crippen molar-refractivity contribution in [3.8, 4) is 5.75 Å². The predicted octanol–water partition coefficient (Wildman–Crippen LogP) is 3.66. The summed E-state index contributed by atoms with van der Waals surface area (Å²) < 4.78 is 43.8. The second-order valence-corrected chi connectivity index (χ2v) is 5.87. The Balaban J connectivity index is 2.26. The molecule has 8 heteroatoms. The Hall–Kier alpha value is -1.57. The van der Waals surface area contributed by atoms with Crippen LogP contribution in [0, 0.1) is 0 Å². The van der Waals surface area contributed by atoms with Gasteiger partial charge in [-0.2, -0.15) is 13.2 Å². The summed E-state index contributed by atoms with van der Waals surface area (Å²) in [6, 6.07) is 5.31. The highest BCUT2D eigenvalue weighted by Gasteiger charge is 2.27. The molecule has 0 unspecified atom stereocenters. The SMILES string of the molecule is CC(C)Oc1cccc2c1nc(N)n2CCSC(F)(F)F. The minimum absolute atomic E-state index is 0.0252. The number of benzene rings is 1. The largest absolute Gasteiger partial charge is 0.489 e. The van der Waals surface area contributed by atoms with Crippen molar-refractivity contribution >= 4 is 28.7 Å². The summed E-state index contributed by atoms with van der Waals surface area (Å²) in [5.41, 5.74) is 2.81. The number of para-hydroxylation sites is 1. The standard InChI is InChI=1S/C13H16F3N3OS/c1-8(2)20-10-5-3-4-9-11(10)18-12(17)19(9)6-7-21-13(14,15)16/h3-5,8H,6-7H2,1-2H3,(H2,17,18). The van der Waals surface area contributed by atoms with E-state index in [0.717, 1.165) is 0 Å². The van der Waals surface area contributed by atoms with Crippen molar-refractivity contribution in [3.05, 3.63) is 18.2 Å². The third kappa shape index (κ3) is 3.96. The van der Waals surface area contributed by atoms with E-state index in [1.54, 1.807) is 22.8 Å². The van der Waals surface area contributed by atoms with E-state index in [0.29, 0.717) is 16.8 Å². The lowest BCUT2D eigenvalue weighted by atomic mass is 10.3. The summed E-state index contributed by atoms with van der Waals surface area (Å²) in [6.45, 7) is 3.91. The van der Waals surface area contributed by atoms with Gasteiger partial charge in [-0.25, -0.2) is 4.98 Å². The normalized spacial score (nSPS) is 12.3. The van der Waals surface area contributed by atoms with Crippen LogP contribution in [0.3, 0.4) is 0 Å². The second-order valence-electron chi connectivity index (χ2n) is 4.71. The topological polar surface area (TPSA) is 53.1 Å². The summed E-state index contributed by atoms with van der Waals surface area (Å²) in [7, 11) is 0. The zero-order valence-electron chi connectivity index (χ0n) is 11.6. The first-order valence-corrected chi connectivity index (χ1v) is 7.38. The van der Waals surface area contributed by atoms with Gasteiger partial charge in [0.2, 0.25) is 5.95 Å². The minimum atomic E-state index is -4.24. The van der Waals surface area contributed by atoms with E-state index in [9.17, 15) is 13.2 Å². The molecule has 0 saturated heterocycles. The van der Waals surface area contributed by atoms with Gasteiger partial charge in [-0.1, -0.05) is 6.07 Å². The lowest BCUT2D eigenvalue weighted by Crippen LogP contribution is -2.09. The molecule has 0 bridgehead atoms. The monoisotopic (exact) mass is 319 g/mol. The van der Waals surface area contributed by atoms with Crippen LogP contribution in [0.5, 0.6) is 5.75 Å². The van der Waals surface area contributed by atoms with Gasteiger partial charge in [0.1, 0.15) is 11.3 Å². The van der Waals surface area contributed by atoms with Gasteiger partial charge in [-0.3, -0.25) is 0 Å². The Labute approximate surface area is 124 Å². The first-order chi connectivity index (χ1) is 9.78. The van der Waals surface area contributed by atoms with Gasteiger partial charge in [-0.05, 0) is 37.7 Å². The molecule has 2 N–H and O–H groups in total. The van der Waals surface area contributed by atoms with Gasteiger partial charge in [0.25, 0.3) is 0 Å². The molecule has 21 heavy (non-hydrogen) atoms. The fraction of sp³-hybridized carbons (Fsp3) is 0.462. The third-order valence-corrected chi connectivity index (χ3v) is 3.43. The number of nitrogens with zero attached hydrogens (tertiary/aromatic N) is 2. The lowest BCUT2D eigenvalue weighted by molar-refractivity contribution is -0.0328. The number of nitrogens with two attached hydrogens (primary N) is 1. The minimum Gasteiger partial charge on any atom is -0.489 e. The maximum Gasteiger partial charge on any atom is 0.441 e. The zero-order chi connectivity index (χ0) is 15.6. The van der Waals surface area contributed by atoms with E-state index < -0.39 is 5.51 Å². The fourth-order valence-electron chi connectivity index (χ4n) is 1.98. The molecule has 0 amide bonds. The smallest absolute Gasteiger partial charge is 0.441 e. The number of ether oxygens (including phenoxy) is 1. The molecule has 1 aromatic heterocycles. The second kappa shape index (κ2) is 6.05. The summed E-state index contributed by atoms with van der Waals surface area (Å²) in [5, 5.41) is 0. The molecule has 2 aromatic rings. The third-order valence-electron chi connectivity index (χ3n) is 2.71. The highest BCUT2D eigenvalue weighted by atomic mass is 32.2. The van der Waals surface area contributed by atoms with E-state index in [1.165, 1.54) is 0 Å². The van der Waals surface area contributed by atoms with Gasteiger partial charge in [-0.15, -0.1) is 0 Å². The number of alkyl halides is 3. The molecule has 0 saturated carbocycles. The van der Waals surface area contributed by atoms with Gasteiger partial charge in [0, 0.05) is 12.3 Å². The number of hydrogen-bond donors (Lipinski definition) is 1. The van der Waals surface area contributed by atoms with Crippen LogP contribution in [-0.4, -0.2) is 26.9 Å². The molecule has 4 nitrogen and oxygen atoms in total. The van der Waals surface area contributed by atoms with Crippen LogP contribution in [0.2, 0.25) is 0 Å². The molecule has 0 aliphatic carbocycles. The number of halogens is 3. The molecule has 0 radical (unpaired) electrons. The number of imidazole rings is 1. The van der Waals surface area contributed by atoms with E-state index in [-0.39, 0.29) is 36.1 Å². The molecule has 116 valence electrons. The molecule has 0 atom stereocenters. The van der Waals surface area contributed by atoms with Crippen molar-refractivity contribution in [3.63, 3.8) is 0 Å². The summed E-state index contributed by atoms with van der Waals surface area (Å²) in [4.78, 5) is 4.21. The number of aryl methyl sites for hydroxylation is 1. The number of rotatable bonds is 5. The van der Waals surface area contributed by atoms with E-state index in [4.69, 9.17) is 10.5 Å². The quantitative estimate of drug-likeness (QED) is 0.914. The maximum atomic E-state index is 12.2. The molecular weight excluding hydrogens is 303 g/mol. The Morgan fingerprint density at radius 3 is 2.71 bits per heavy atom. The predicted molar refractivity (Wildman–Crippen MR) is 78.4 cm³/mol. The van der Waals surface area contributed by atoms with E-state index in [1.807, 2.05) is 13.8 Å². The number of fused-ring (bicyclic) bond motifs is 1. The summed E-state index contributed by atoms with van der Waals surface area (Å²) >= 11 is -0.0715. The van der Waals surface area contributed by atoms with Crippen molar-refractivity contribution in [2.45, 2.75) is 32.0 Å². The van der Waals surface area contributed by atoms with Crippen LogP contribution in [0.4, 0.5) is 19.1 Å². The average Bonchev–Trinajstić information content (AvgIpc) is 2.65. The first-order valence-electron chi connectivity index (χ1n) is 6.40. The van der Waals surface area contributed by atoms with Crippen molar-refractivity contribution < 1.29 is 17.9 Å². The number of aromatic nitrogens is 2. The Morgan fingerprint density at radius 1 is 1.38 bits per heavy atom. The Morgan fingerprint density at radius 2 is 2.10 bits per heavy atom. The van der Waals surface area contributed by atoms with Gasteiger partial charge in [0.15, 0.2) is 0 Å². The Kier molecular flexibility index (Phi) is 4.55. The molecule has 2 rings (SSSR count). The number of thioether (sulfide) groups is 1. The molecule has 0 fully saturated rings. The van der Waals surface area contributed by atoms with Crippen LogP contribution in [0.1, 0.15) is 13.8 Å². The van der Waals surface area contributed by atoms with Crippen molar-refractivity contribution in [1.82, 2.24) is 9.55 Å². The van der Waals surface area contributed by atoms with Crippen LogP contribution < -0.4 is 10.5 Å². The highest BCUT2D eigenvalue weighted by molar-refractivity contribution is 8.00. The Bertz CT molecular complexity index is 625. The highest BCUT2D eigenvalue weighted by Crippen LogP contribution is 2.32. The lowest BCUT2D eigenvalue weighted by Gasteiger charge is -2.11. The summed E-state index contributed by atoms with van der Waals surface area (Å²) in [5.74, 6) is 0.651. The molecule has 0 spiro atoms. The van der Waals surface area contributed by atoms with Gasteiger partial charge < -0.3 is 15.0 Å². The first kappa shape index (κ1) is 15.8. The number of anilines is 1. The molecular formula is C13H16F3N3OS. The molecule has 1 heterocycles.